The molecule has 1 aliphatic carbocycles. The second kappa shape index (κ2) is 8.07. The van der Waals surface area contributed by atoms with Gasteiger partial charge in [-0.1, -0.05) is 12.8 Å². The predicted octanol–water partition coefficient (Wildman–Crippen LogP) is 3.97. The first-order chi connectivity index (χ1) is 8.56. The Balaban J connectivity index is 2.09. The van der Waals surface area contributed by atoms with Crippen molar-refractivity contribution in [3.63, 3.8) is 0 Å². The molecule has 2 nitrogen and oxygen atoms in total. The molecule has 104 valence electrons. The normalized spacial score (nSPS) is 19.9. The van der Waals surface area contributed by atoms with Crippen molar-refractivity contribution in [2.45, 2.75) is 70.9 Å². The van der Waals surface area contributed by atoms with Crippen LogP contribution in [-0.4, -0.2) is 23.1 Å². The molecule has 0 radical (unpaired) electrons. The van der Waals surface area contributed by atoms with Crippen LogP contribution in [0, 0.1) is 17.2 Å². The molecular formula is C15H28N2S. The number of nitriles is 1. The van der Waals surface area contributed by atoms with Crippen molar-refractivity contribution in [2.24, 2.45) is 5.92 Å². The van der Waals surface area contributed by atoms with Crippen molar-refractivity contribution in [3.05, 3.63) is 0 Å². The summed E-state index contributed by atoms with van der Waals surface area (Å²) in [4.78, 5) is 0. The number of thioether (sulfide) groups is 1. The Morgan fingerprint density at radius 3 is 2.61 bits per heavy atom. The van der Waals surface area contributed by atoms with E-state index in [0.717, 1.165) is 18.8 Å². The molecule has 0 amide bonds. The molecule has 1 fully saturated rings. The smallest absolute Gasteiger partial charge is 0.104 e. The van der Waals surface area contributed by atoms with Gasteiger partial charge in [0.1, 0.15) is 5.54 Å². The van der Waals surface area contributed by atoms with E-state index >= 15 is 0 Å². The van der Waals surface area contributed by atoms with Gasteiger partial charge in [-0.3, -0.25) is 5.32 Å². The molecule has 1 unspecified atom stereocenters. The van der Waals surface area contributed by atoms with Crippen LogP contribution in [-0.2, 0) is 0 Å². The number of rotatable bonds is 8. The van der Waals surface area contributed by atoms with Gasteiger partial charge in [-0.15, -0.1) is 0 Å². The zero-order valence-corrected chi connectivity index (χ0v) is 13.0. The molecule has 0 saturated heterocycles. The van der Waals surface area contributed by atoms with Crippen molar-refractivity contribution in [3.8, 4) is 6.07 Å². The summed E-state index contributed by atoms with van der Waals surface area (Å²) in [6.45, 7) is 6.23. The third-order valence-electron chi connectivity index (χ3n) is 3.65. The van der Waals surface area contributed by atoms with E-state index in [9.17, 15) is 5.26 Å². The molecule has 0 bridgehead atoms. The Kier molecular flexibility index (Phi) is 7.11. The zero-order chi connectivity index (χ0) is 13.4. The van der Waals surface area contributed by atoms with Gasteiger partial charge in [0.05, 0.1) is 6.07 Å². The van der Waals surface area contributed by atoms with Gasteiger partial charge in [-0.05, 0) is 63.9 Å². The maximum Gasteiger partial charge on any atom is 0.104 e. The first-order valence-electron chi connectivity index (χ1n) is 7.32. The quantitative estimate of drug-likeness (QED) is 0.677. The van der Waals surface area contributed by atoms with E-state index in [0.29, 0.717) is 6.04 Å². The number of nitrogens with zero attached hydrogens (tertiary/aromatic N) is 1. The van der Waals surface area contributed by atoms with Gasteiger partial charge < -0.3 is 0 Å². The van der Waals surface area contributed by atoms with E-state index in [1.165, 1.54) is 37.2 Å². The van der Waals surface area contributed by atoms with Gasteiger partial charge in [0.25, 0.3) is 0 Å². The molecule has 0 aliphatic heterocycles. The summed E-state index contributed by atoms with van der Waals surface area (Å²) < 4.78 is 0. The summed E-state index contributed by atoms with van der Waals surface area (Å²) >= 11 is 2.08. The SMILES string of the molecule is CC(C)NC(C)(C#N)CCCSCC1CCCC1. The molecule has 1 atom stereocenters. The topological polar surface area (TPSA) is 35.8 Å². The molecule has 1 aliphatic rings. The van der Waals surface area contributed by atoms with Crippen molar-refractivity contribution in [2.75, 3.05) is 11.5 Å². The summed E-state index contributed by atoms with van der Waals surface area (Å²) in [5, 5.41) is 12.6. The summed E-state index contributed by atoms with van der Waals surface area (Å²) in [6, 6.07) is 2.80. The summed E-state index contributed by atoms with van der Waals surface area (Å²) in [6.07, 6.45) is 7.86. The number of nitrogens with one attached hydrogen (secondary N) is 1. The van der Waals surface area contributed by atoms with Crippen LogP contribution in [0.3, 0.4) is 0 Å². The Morgan fingerprint density at radius 1 is 1.39 bits per heavy atom. The third kappa shape index (κ3) is 6.11. The summed E-state index contributed by atoms with van der Waals surface area (Å²) in [7, 11) is 0. The van der Waals surface area contributed by atoms with Gasteiger partial charge in [-0.25, -0.2) is 0 Å². The molecular weight excluding hydrogens is 240 g/mol. The van der Waals surface area contributed by atoms with Crippen LogP contribution in [0.2, 0.25) is 0 Å². The number of hydrogen-bond donors (Lipinski definition) is 1. The first-order valence-corrected chi connectivity index (χ1v) is 8.48. The van der Waals surface area contributed by atoms with E-state index in [1.807, 2.05) is 6.92 Å². The minimum Gasteiger partial charge on any atom is -0.297 e. The molecule has 0 aromatic heterocycles. The Bertz CT molecular complexity index is 266. The fraction of sp³-hybridized carbons (Fsp3) is 0.933. The minimum absolute atomic E-state index is 0.345. The molecule has 0 aromatic rings. The molecule has 1 N–H and O–H groups in total. The predicted molar refractivity (Wildman–Crippen MR) is 80.8 cm³/mol. The highest BCUT2D eigenvalue weighted by Gasteiger charge is 2.23. The van der Waals surface area contributed by atoms with Crippen molar-refractivity contribution in [1.29, 1.82) is 5.26 Å². The average Bonchev–Trinajstić information content (AvgIpc) is 2.80. The van der Waals surface area contributed by atoms with Crippen LogP contribution in [0.4, 0.5) is 0 Å². The largest absolute Gasteiger partial charge is 0.297 e. The van der Waals surface area contributed by atoms with E-state index in [4.69, 9.17) is 0 Å². The second-order valence-corrected chi connectivity index (χ2v) is 7.22. The summed E-state index contributed by atoms with van der Waals surface area (Å²) in [5.41, 5.74) is -0.345. The Morgan fingerprint density at radius 2 is 2.06 bits per heavy atom. The van der Waals surface area contributed by atoms with Crippen molar-refractivity contribution in [1.82, 2.24) is 5.32 Å². The molecule has 18 heavy (non-hydrogen) atoms. The standard InChI is InChI=1S/C15H28N2S/c1-13(2)17-15(3,12-16)9-6-10-18-11-14-7-4-5-8-14/h13-14,17H,4-11H2,1-3H3. The minimum atomic E-state index is -0.345. The molecule has 0 heterocycles. The first kappa shape index (κ1) is 15.9. The van der Waals surface area contributed by atoms with Crippen molar-refractivity contribution < 1.29 is 0 Å². The maximum absolute atomic E-state index is 9.24. The fourth-order valence-electron chi connectivity index (χ4n) is 2.75. The van der Waals surface area contributed by atoms with Crippen LogP contribution in [0.15, 0.2) is 0 Å². The highest BCUT2D eigenvalue weighted by atomic mass is 32.2. The zero-order valence-electron chi connectivity index (χ0n) is 12.2. The monoisotopic (exact) mass is 268 g/mol. The van der Waals surface area contributed by atoms with Gasteiger partial charge in [-0.2, -0.15) is 17.0 Å². The van der Waals surface area contributed by atoms with E-state index < -0.39 is 0 Å². The van der Waals surface area contributed by atoms with Crippen LogP contribution in [0.25, 0.3) is 0 Å². The van der Waals surface area contributed by atoms with E-state index in [-0.39, 0.29) is 5.54 Å². The number of hydrogen-bond acceptors (Lipinski definition) is 3. The molecule has 1 rings (SSSR count). The lowest BCUT2D eigenvalue weighted by Crippen LogP contribution is -2.44. The lowest BCUT2D eigenvalue weighted by atomic mass is 9.97. The summed E-state index contributed by atoms with van der Waals surface area (Å²) in [5.74, 6) is 3.51. The van der Waals surface area contributed by atoms with E-state index in [2.05, 4.69) is 37.0 Å². The maximum atomic E-state index is 9.24. The lowest BCUT2D eigenvalue weighted by Gasteiger charge is -2.25. The second-order valence-electron chi connectivity index (χ2n) is 6.07. The molecule has 1 saturated carbocycles. The molecule has 0 spiro atoms. The van der Waals surface area contributed by atoms with Crippen molar-refractivity contribution >= 4 is 11.8 Å². The molecule has 0 aromatic carbocycles. The van der Waals surface area contributed by atoms with Gasteiger partial charge in [0, 0.05) is 6.04 Å². The van der Waals surface area contributed by atoms with Crippen LogP contribution in [0.1, 0.15) is 59.3 Å². The average molecular weight is 268 g/mol. The highest BCUT2D eigenvalue weighted by molar-refractivity contribution is 7.99. The third-order valence-corrected chi connectivity index (χ3v) is 4.93. The lowest BCUT2D eigenvalue weighted by molar-refractivity contribution is 0.380. The highest BCUT2D eigenvalue weighted by Crippen LogP contribution is 2.28. The van der Waals surface area contributed by atoms with Crippen LogP contribution < -0.4 is 5.32 Å². The van der Waals surface area contributed by atoms with Crippen LogP contribution >= 0.6 is 11.8 Å². The van der Waals surface area contributed by atoms with Gasteiger partial charge in [0.2, 0.25) is 0 Å². The van der Waals surface area contributed by atoms with Gasteiger partial charge in [0.15, 0.2) is 0 Å². The Labute approximate surface area is 117 Å². The van der Waals surface area contributed by atoms with Crippen LogP contribution in [0.5, 0.6) is 0 Å². The molecule has 3 heteroatoms. The Hall–Kier alpha value is -0.200. The fourth-order valence-corrected chi connectivity index (χ4v) is 3.93. The van der Waals surface area contributed by atoms with E-state index in [1.54, 1.807) is 0 Å². The van der Waals surface area contributed by atoms with Gasteiger partial charge >= 0.3 is 0 Å².